The molecule has 138 heavy (non-hydrogen) atoms. The minimum Gasteiger partial charge on any atom is -0.477 e. The second-order valence-corrected chi connectivity index (χ2v) is 34.6. The van der Waals surface area contributed by atoms with Gasteiger partial charge < -0.3 is 275 Å². The zero-order valence-corrected chi connectivity index (χ0v) is 73.8. The molecule has 796 valence electrons. The van der Waals surface area contributed by atoms with Gasteiger partial charge in [-0.3, -0.25) is 24.0 Å². The van der Waals surface area contributed by atoms with Crippen LogP contribution in [0.5, 0.6) is 0 Å². The fourth-order valence-electron chi connectivity index (χ4n) is 17.5. The number of carbonyl (C=O) groups is 7. The predicted octanol–water partition coefficient (Wildman–Crippen LogP) is -23.7. The summed E-state index contributed by atoms with van der Waals surface area (Å²) in [6.07, 6.45) is -103. The quantitative estimate of drug-likeness (QED) is 0.0272. The first-order chi connectivity index (χ1) is 64.9. The molecule has 36 N–H and O–H groups in total. The van der Waals surface area contributed by atoms with E-state index in [1.807, 2.05) is 0 Å². The van der Waals surface area contributed by atoms with Crippen molar-refractivity contribution in [3.05, 3.63) is 0 Å². The van der Waals surface area contributed by atoms with Crippen molar-refractivity contribution in [3.63, 3.8) is 0 Å². The Hall–Kier alpha value is -5.63. The second-order valence-electron chi connectivity index (χ2n) is 34.6. The van der Waals surface area contributed by atoms with E-state index in [0.717, 1.165) is 34.6 Å². The summed E-state index contributed by atoms with van der Waals surface area (Å²) in [5.74, 6) is -15.0. The number of rotatable bonds is 39. The molecule has 10 fully saturated rings. The van der Waals surface area contributed by atoms with Crippen LogP contribution in [0.25, 0.3) is 0 Å². The largest absolute Gasteiger partial charge is 0.477 e. The minimum atomic E-state index is -3.11. The van der Waals surface area contributed by atoms with Crippen LogP contribution < -0.4 is 26.6 Å². The first-order valence-electron chi connectivity index (χ1n) is 43.4. The zero-order valence-electron chi connectivity index (χ0n) is 73.8. The SMILES string of the molecule is CC(=O)N[C@H]1[C@H](O[C@@H]2[C@H](OC[C@H]3O[C@H](O[C@H]4[C@H](O)[C@@H](NC(C)=O)C(O)O[C@@H]4CO)[C@@H](O)[C@@H](O[C@@H]4O[C@H](CO)[C@@H](O)[C@H](O)[C@@H]4O[C@@H]4O[C@H](CO)[C@@H](O[C@@H]5O[C@H](CO[C@]6(C(=O)O)C[C@H](O)[C@@H](NC(C)=O)[C@H]([C@H](O)[C@H](O)CO)O6)[C@H](O)[C@H](O)[C@H]5O)[C@H](O)[C@H]4NC(C)=O)[C@@H]3O)O[C@H](CO)[C@@H](O)[C@@H]2O)O[C@H](CO)[C@@H](O[C@@H]2O[C@H](CO[C@]3(C(=O)O)C[C@H](O)[C@@H](NC(C)=O)[C@H]([C@H](O)[C@H](O)CO)O3)[C@H](O)[C@H](O)[C@H]2O)[C@@H]1O. The van der Waals surface area contributed by atoms with Crippen molar-refractivity contribution in [2.24, 2.45) is 0 Å². The lowest BCUT2D eigenvalue weighted by atomic mass is 9.88. The second kappa shape index (κ2) is 49.0. The molecular weight excluding hydrogens is 1890 g/mol. The number of amides is 5. The van der Waals surface area contributed by atoms with E-state index in [2.05, 4.69) is 26.6 Å². The van der Waals surface area contributed by atoms with Crippen LogP contribution >= 0.6 is 0 Å². The highest BCUT2D eigenvalue weighted by Crippen LogP contribution is 2.43. The first-order valence-corrected chi connectivity index (χ1v) is 43.4. The van der Waals surface area contributed by atoms with Crippen molar-refractivity contribution in [1.29, 1.82) is 0 Å². The van der Waals surface area contributed by atoms with Gasteiger partial charge in [0, 0.05) is 47.5 Å². The summed E-state index contributed by atoms with van der Waals surface area (Å²) in [4.78, 5) is 89.1. The Kier molecular flexibility index (Phi) is 40.6. The van der Waals surface area contributed by atoms with Crippen LogP contribution in [-0.4, -0.2) is 584 Å². The highest BCUT2D eigenvalue weighted by molar-refractivity contribution is 5.78. The van der Waals surface area contributed by atoms with Crippen LogP contribution in [0.4, 0.5) is 0 Å². The molecule has 0 aromatic heterocycles. The number of aliphatic hydroxyl groups is 29. The third kappa shape index (κ3) is 25.4. The van der Waals surface area contributed by atoms with E-state index in [0.29, 0.717) is 0 Å². The number of carboxylic acid groups (broad SMARTS) is 2. The van der Waals surface area contributed by atoms with Gasteiger partial charge in [-0.15, -0.1) is 0 Å². The Balaban J connectivity index is 0.908. The van der Waals surface area contributed by atoms with Crippen LogP contribution in [0.15, 0.2) is 0 Å². The number of ether oxygens (including phenoxy) is 19. The summed E-state index contributed by atoms with van der Waals surface area (Å²) in [5.41, 5.74) is 0. The van der Waals surface area contributed by atoms with E-state index < -0.39 is 438 Å². The van der Waals surface area contributed by atoms with Crippen molar-refractivity contribution < 1.29 is 282 Å². The molecule has 5 amide bonds. The van der Waals surface area contributed by atoms with Crippen LogP contribution in [-0.2, 0) is 124 Å². The number of aliphatic carboxylic acids is 2. The van der Waals surface area contributed by atoms with E-state index in [-0.39, 0.29) is 0 Å². The average Bonchev–Trinajstić information content (AvgIpc) is 0.769. The lowest BCUT2D eigenvalue weighted by molar-refractivity contribution is -0.398. The van der Waals surface area contributed by atoms with Gasteiger partial charge in [-0.2, -0.15) is 0 Å². The third-order valence-corrected chi connectivity index (χ3v) is 24.8. The molecule has 62 nitrogen and oxygen atoms in total. The van der Waals surface area contributed by atoms with E-state index in [9.17, 15) is 192 Å². The maximum absolute atomic E-state index is 13.2. The fourth-order valence-corrected chi connectivity index (χ4v) is 17.5. The number of hydrogen-bond donors (Lipinski definition) is 36. The van der Waals surface area contributed by atoms with Gasteiger partial charge in [0.1, 0.15) is 232 Å². The van der Waals surface area contributed by atoms with E-state index in [4.69, 9.17) is 90.0 Å². The summed E-state index contributed by atoms with van der Waals surface area (Å²) < 4.78 is 112. The van der Waals surface area contributed by atoms with Crippen LogP contribution in [0.2, 0.25) is 0 Å². The number of carbonyl (C=O) groups excluding carboxylic acids is 5. The van der Waals surface area contributed by atoms with Crippen molar-refractivity contribution in [3.8, 4) is 0 Å². The van der Waals surface area contributed by atoms with E-state index in [1.54, 1.807) is 0 Å². The van der Waals surface area contributed by atoms with Gasteiger partial charge in [-0.25, -0.2) is 9.59 Å². The summed E-state index contributed by atoms with van der Waals surface area (Å²) >= 11 is 0. The van der Waals surface area contributed by atoms with Crippen molar-refractivity contribution in [2.75, 3.05) is 66.1 Å². The summed E-state index contributed by atoms with van der Waals surface area (Å²) in [5, 5.41) is 357. The molecule has 0 spiro atoms. The molecule has 0 aromatic rings. The molecular formula is C76H125N5O57. The lowest BCUT2D eigenvalue weighted by Crippen LogP contribution is -2.70. The van der Waals surface area contributed by atoms with Gasteiger partial charge in [0.05, 0.1) is 90.4 Å². The molecule has 0 radical (unpaired) electrons. The smallest absolute Gasteiger partial charge is 0.364 e. The fraction of sp³-hybridized carbons (Fsp3) is 0.908. The van der Waals surface area contributed by atoms with Gasteiger partial charge in [-0.05, 0) is 0 Å². The van der Waals surface area contributed by atoms with Crippen LogP contribution in [0.1, 0.15) is 47.5 Å². The van der Waals surface area contributed by atoms with Gasteiger partial charge in [0.15, 0.2) is 50.3 Å². The minimum absolute atomic E-state index is 0.852. The number of carboxylic acids is 2. The van der Waals surface area contributed by atoms with Gasteiger partial charge >= 0.3 is 11.9 Å². The summed E-state index contributed by atoms with van der Waals surface area (Å²) in [6, 6.07) is -9.40. The molecule has 0 bridgehead atoms. The Morgan fingerprint density at radius 1 is 0.297 bits per heavy atom. The molecule has 10 aliphatic rings. The monoisotopic (exact) mass is 2020 g/mol. The molecule has 0 aromatic carbocycles. The molecule has 1 unspecified atom stereocenters. The molecule has 10 saturated heterocycles. The van der Waals surface area contributed by atoms with Gasteiger partial charge in [0.2, 0.25) is 29.5 Å². The molecule has 0 aliphatic carbocycles. The maximum Gasteiger partial charge on any atom is 0.364 e. The highest BCUT2D eigenvalue weighted by Gasteiger charge is 2.64. The van der Waals surface area contributed by atoms with E-state index >= 15 is 0 Å². The maximum atomic E-state index is 13.2. The highest BCUT2D eigenvalue weighted by atomic mass is 16.8. The molecule has 10 aliphatic heterocycles. The van der Waals surface area contributed by atoms with Crippen LogP contribution in [0.3, 0.4) is 0 Å². The Morgan fingerprint density at radius 2 is 0.587 bits per heavy atom. The van der Waals surface area contributed by atoms with Crippen molar-refractivity contribution in [1.82, 2.24) is 26.6 Å². The van der Waals surface area contributed by atoms with E-state index in [1.165, 1.54) is 0 Å². The average molecular weight is 2020 g/mol. The van der Waals surface area contributed by atoms with Crippen LogP contribution in [0, 0.1) is 0 Å². The third-order valence-electron chi connectivity index (χ3n) is 24.8. The predicted molar refractivity (Wildman–Crippen MR) is 422 cm³/mol. The topological polar surface area (TPSA) is 982 Å². The first kappa shape index (κ1) is 114. The standard InChI is InChI=1S/C76H125N5O57/c1-18(89)77-35-23(94)6-75(73(116)117,137-60(35)40(98)25(96)8-82)121-16-33-44(102)50(108)54(112)68(129-33)131-58-30(13-87)126-66(38(48(58)106)80-21(4)92)135-63-52(110)42(100)27(10-84)124-71(63)120-15-32-46(104)62(56(114)70(128-32)133-57-29(12-86)123-65(115)37(47(57)105)79-20(3)91)134-72-64(53(111)43(101)28(11-85)125-72)136-67-39(81-22(5)93)49(107)59(31(14-88)127-67)132-69-55(113)51(109)45(103)34(130-69)17-122-76(74(118)119)7-24(95)36(78-19(2)90)61(138-76)41(99)26(97)9-83/h23-72,82-88,94-115H,6-17H2,1-5H3,(H,77,89)(H,78,90)(H,79,91)(H,80,92)(H,81,93)(H,116,117)(H,118,119)/t23-,24-,25+,26+,27+,28+,29+,30+,31+,32+,33+,34+,35+,36+,37+,38+,39+,40+,41+,42+,43+,44-,45-,46+,47+,48+,49+,50-,51-,52-,53-,54+,55+,56-,57+,58+,59+,60+,61+,62-,63-,64-,65?,66-,67-,68-,69-,70+,71+,72-,75+,76+/m0/s1. The summed E-state index contributed by atoms with van der Waals surface area (Å²) in [7, 11) is 0. The number of aliphatic hydroxyl groups excluding tert-OH is 29. The number of nitrogens with one attached hydrogen (secondary N) is 5. The molecule has 62 heteroatoms. The molecule has 0 saturated carbocycles. The van der Waals surface area contributed by atoms with Gasteiger partial charge in [0.25, 0.3) is 11.6 Å². The van der Waals surface area contributed by atoms with Gasteiger partial charge in [-0.1, -0.05) is 0 Å². The Morgan fingerprint density at radius 3 is 0.942 bits per heavy atom. The Bertz CT molecular complexity index is 3930. The lowest BCUT2D eigenvalue weighted by Gasteiger charge is -2.51. The zero-order chi connectivity index (χ0) is 102. The summed E-state index contributed by atoms with van der Waals surface area (Å²) in [6.45, 7) is -7.65. The molecule has 52 atom stereocenters. The molecule has 10 heterocycles. The Labute approximate surface area is 779 Å². The normalized spacial score (nSPS) is 46.2. The van der Waals surface area contributed by atoms with Crippen molar-refractivity contribution in [2.45, 2.75) is 365 Å². The van der Waals surface area contributed by atoms with Crippen molar-refractivity contribution >= 4 is 41.5 Å². The molecule has 10 rings (SSSR count). The number of hydrogen-bond acceptors (Lipinski definition) is 55.